The zero-order valence-corrected chi connectivity index (χ0v) is 5.13. The van der Waals surface area contributed by atoms with Gasteiger partial charge in [0.25, 0.3) is 0 Å². The third kappa shape index (κ3) is 1.74. The molecule has 0 aromatic carbocycles. The van der Waals surface area contributed by atoms with Crippen LogP contribution in [-0.4, -0.2) is 31.6 Å². The third-order valence-electron chi connectivity index (χ3n) is 1.36. The Balaban J connectivity index is 2.26. The van der Waals surface area contributed by atoms with Crippen LogP contribution in [0.4, 0.5) is 0 Å². The Morgan fingerprint density at radius 3 is 2.67 bits per heavy atom. The fourth-order valence-electron chi connectivity index (χ4n) is 0.797. The molecule has 1 unspecified atom stereocenters. The smallest absolute Gasteiger partial charge is 0.138 e. The van der Waals surface area contributed by atoms with Crippen molar-refractivity contribution in [3.63, 3.8) is 0 Å². The Morgan fingerprint density at radius 2 is 2.22 bits per heavy atom. The molecule has 0 aromatic heterocycles. The maximum atomic E-state index is 10.1. The molecule has 9 heavy (non-hydrogen) atoms. The second-order valence-electron chi connectivity index (χ2n) is 2.17. The number of rotatable bonds is 1. The van der Waals surface area contributed by atoms with Gasteiger partial charge in [0.15, 0.2) is 0 Å². The van der Waals surface area contributed by atoms with E-state index in [1.54, 1.807) is 0 Å². The molecule has 2 atom stereocenters. The van der Waals surface area contributed by atoms with Crippen LogP contribution in [-0.2, 0) is 4.79 Å². The molecule has 0 amide bonds. The summed E-state index contributed by atoms with van der Waals surface area (Å²) in [5, 5.41) is 5.93. The van der Waals surface area contributed by atoms with Crippen molar-refractivity contribution in [2.24, 2.45) is 5.73 Å². The zero-order valence-electron chi connectivity index (χ0n) is 5.13. The Bertz CT molecular complexity index is 98.4. The van der Waals surface area contributed by atoms with Gasteiger partial charge in [-0.05, 0) is 0 Å². The minimum absolute atomic E-state index is 0.00111. The van der Waals surface area contributed by atoms with E-state index in [9.17, 15) is 4.79 Å². The molecule has 1 heterocycles. The lowest BCUT2D eigenvalue weighted by molar-refractivity contribution is -0.109. The molecule has 0 saturated carbocycles. The molecule has 0 bridgehead atoms. The van der Waals surface area contributed by atoms with Gasteiger partial charge in [-0.2, -0.15) is 0 Å². The van der Waals surface area contributed by atoms with Crippen molar-refractivity contribution in [1.82, 2.24) is 10.6 Å². The number of aldehydes is 1. The van der Waals surface area contributed by atoms with Crippen LogP contribution in [0.5, 0.6) is 0 Å². The average molecular weight is 129 g/mol. The van der Waals surface area contributed by atoms with Gasteiger partial charge in [0.2, 0.25) is 0 Å². The van der Waals surface area contributed by atoms with Crippen LogP contribution in [0.3, 0.4) is 0 Å². The Kier molecular flexibility index (Phi) is 2.16. The van der Waals surface area contributed by atoms with Crippen molar-refractivity contribution >= 4 is 6.29 Å². The van der Waals surface area contributed by atoms with Crippen LogP contribution in [0.25, 0.3) is 0 Å². The van der Waals surface area contributed by atoms with Crippen LogP contribution < -0.4 is 16.4 Å². The monoisotopic (exact) mass is 129 g/mol. The molecule has 0 aliphatic carbocycles. The lowest BCUT2D eigenvalue weighted by atomic mass is 10.2. The molecular formula is C5H11N3O. The van der Waals surface area contributed by atoms with Gasteiger partial charge in [0, 0.05) is 13.1 Å². The van der Waals surface area contributed by atoms with Gasteiger partial charge in [0.1, 0.15) is 6.29 Å². The van der Waals surface area contributed by atoms with Crippen molar-refractivity contribution in [2.45, 2.75) is 12.2 Å². The summed E-state index contributed by atoms with van der Waals surface area (Å²) in [5.41, 5.74) is 5.46. The predicted molar refractivity (Wildman–Crippen MR) is 33.8 cm³/mol. The molecular weight excluding hydrogens is 118 g/mol. The number of hydrogen-bond donors (Lipinski definition) is 3. The van der Waals surface area contributed by atoms with Crippen LogP contribution in [0, 0.1) is 0 Å². The third-order valence-corrected chi connectivity index (χ3v) is 1.36. The molecule has 52 valence electrons. The molecule has 1 saturated heterocycles. The number of nitrogens with one attached hydrogen (secondary N) is 2. The Labute approximate surface area is 53.8 Å². The minimum atomic E-state index is -0.0511. The largest absolute Gasteiger partial charge is 0.315 e. The van der Waals surface area contributed by atoms with E-state index in [4.69, 9.17) is 5.73 Å². The van der Waals surface area contributed by atoms with E-state index in [1.165, 1.54) is 0 Å². The molecule has 0 spiro atoms. The van der Waals surface area contributed by atoms with E-state index >= 15 is 0 Å². The van der Waals surface area contributed by atoms with Crippen molar-refractivity contribution in [2.75, 3.05) is 13.1 Å². The van der Waals surface area contributed by atoms with Gasteiger partial charge >= 0.3 is 0 Å². The second kappa shape index (κ2) is 2.91. The number of carbonyl (C=O) groups excluding carboxylic acids is 1. The molecule has 0 radical (unpaired) electrons. The highest BCUT2D eigenvalue weighted by Gasteiger charge is 2.14. The van der Waals surface area contributed by atoms with Gasteiger partial charge in [-0.15, -0.1) is 0 Å². The van der Waals surface area contributed by atoms with Crippen molar-refractivity contribution < 1.29 is 4.79 Å². The lowest BCUT2D eigenvalue weighted by Crippen LogP contribution is -2.58. The highest BCUT2D eigenvalue weighted by Crippen LogP contribution is 1.83. The zero-order chi connectivity index (χ0) is 6.69. The normalized spacial score (nSPS) is 36.1. The Hall–Kier alpha value is -0.450. The van der Waals surface area contributed by atoms with E-state index in [0.29, 0.717) is 13.1 Å². The van der Waals surface area contributed by atoms with E-state index in [-0.39, 0.29) is 12.2 Å². The van der Waals surface area contributed by atoms with Crippen LogP contribution in [0.2, 0.25) is 0 Å². The predicted octanol–water partition coefficient (Wildman–Crippen LogP) is -1.97. The summed E-state index contributed by atoms with van der Waals surface area (Å²) >= 11 is 0. The molecule has 1 fully saturated rings. The molecule has 1 rings (SSSR count). The maximum Gasteiger partial charge on any atom is 0.138 e. The van der Waals surface area contributed by atoms with Gasteiger partial charge < -0.3 is 15.8 Å². The minimum Gasteiger partial charge on any atom is -0.315 e. The van der Waals surface area contributed by atoms with E-state index in [1.807, 2.05) is 0 Å². The summed E-state index contributed by atoms with van der Waals surface area (Å²) in [4.78, 5) is 10.1. The number of piperazine rings is 1. The summed E-state index contributed by atoms with van der Waals surface area (Å²) in [6.45, 7) is 1.31. The molecule has 0 aromatic rings. The highest BCUT2D eigenvalue weighted by molar-refractivity contribution is 5.58. The van der Waals surface area contributed by atoms with E-state index < -0.39 is 0 Å². The van der Waals surface area contributed by atoms with E-state index in [2.05, 4.69) is 10.6 Å². The average Bonchev–Trinajstić information content (AvgIpc) is 1.90. The molecule has 1 aliphatic heterocycles. The number of carbonyl (C=O) groups is 1. The molecule has 4 N–H and O–H groups in total. The van der Waals surface area contributed by atoms with Crippen LogP contribution >= 0.6 is 0 Å². The standard InChI is InChI=1S/C5H11N3O/c6-5-2-7-4(3-9)1-8-5/h3-5,7-8H,1-2,6H2/t4?,5-/m0/s1. The van der Waals surface area contributed by atoms with Crippen LogP contribution in [0.15, 0.2) is 0 Å². The first-order valence-corrected chi connectivity index (χ1v) is 3.00. The Morgan fingerprint density at radius 1 is 1.44 bits per heavy atom. The van der Waals surface area contributed by atoms with Gasteiger partial charge in [-0.3, -0.25) is 5.32 Å². The first-order chi connectivity index (χ1) is 4.33. The van der Waals surface area contributed by atoms with E-state index in [0.717, 1.165) is 6.29 Å². The summed E-state index contributed by atoms with van der Waals surface area (Å²) < 4.78 is 0. The lowest BCUT2D eigenvalue weighted by Gasteiger charge is -2.24. The van der Waals surface area contributed by atoms with Gasteiger partial charge in [-0.1, -0.05) is 0 Å². The summed E-state index contributed by atoms with van der Waals surface area (Å²) in [6.07, 6.45) is 0.889. The topological polar surface area (TPSA) is 67.1 Å². The quantitative estimate of drug-likeness (QED) is 0.359. The summed E-state index contributed by atoms with van der Waals surface area (Å²) in [5.74, 6) is 0. The highest BCUT2D eigenvalue weighted by atomic mass is 16.1. The second-order valence-corrected chi connectivity index (χ2v) is 2.17. The summed E-state index contributed by atoms with van der Waals surface area (Å²) in [7, 11) is 0. The first kappa shape index (κ1) is 6.67. The SMILES string of the molecule is N[C@@H]1CNC(C=O)CN1. The molecule has 4 nitrogen and oxygen atoms in total. The van der Waals surface area contributed by atoms with Crippen LogP contribution in [0.1, 0.15) is 0 Å². The first-order valence-electron chi connectivity index (χ1n) is 3.00. The maximum absolute atomic E-state index is 10.1. The fraction of sp³-hybridized carbons (Fsp3) is 0.800. The van der Waals surface area contributed by atoms with Gasteiger partial charge in [-0.25, -0.2) is 0 Å². The number of nitrogens with two attached hydrogens (primary N) is 1. The molecule has 1 aliphatic rings. The van der Waals surface area contributed by atoms with Crippen molar-refractivity contribution in [1.29, 1.82) is 0 Å². The number of hydrogen-bond acceptors (Lipinski definition) is 4. The van der Waals surface area contributed by atoms with Crippen molar-refractivity contribution in [3.8, 4) is 0 Å². The van der Waals surface area contributed by atoms with Crippen molar-refractivity contribution in [3.05, 3.63) is 0 Å². The van der Waals surface area contributed by atoms with Gasteiger partial charge in [0.05, 0.1) is 12.2 Å². The summed E-state index contributed by atoms with van der Waals surface area (Å²) in [6, 6.07) is -0.0511. The molecule has 4 heteroatoms. The fourth-order valence-corrected chi connectivity index (χ4v) is 0.797.